The fourth-order valence-electron chi connectivity index (χ4n) is 16.7. The summed E-state index contributed by atoms with van der Waals surface area (Å²) >= 11 is 0. The normalized spacial score (nSPS) is 15.8. The Morgan fingerprint density at radius 2 is 0.539 bits per heavy atom. The van der Waals surface area contributed by atoms with E-state index in [1.807, 2.05) is 152 Å². The maximum atomic E-state index is 12.0. The van der Waals surface area contributed by atoms with Crippen LogP contribution in [0.15, 0.2) is 327 Å². The Balaban J connectivity index is 1.09. The van der Waals surface area contributed by atoms with E-state index in [0.717, 1.165) is 53.6 Å². The third-order valence-corrected chi connectivity index (χ3v) is 23.0. The molecule has 0 saturated heterocycles. The highest BCUT2D eigenvalue weighted by molar-refractivity contribution is 7.00. The van der Waals surface area contributed by atoms with Gasteiger partial charge in [0.05, 0.1) is 63.6 Å². The SMILES string of the molecule is [2H]c1c([2H])c(-n2c3c([2H])c([2H])c([2H])c([2H])c3c3c([2H])c([2H])c([2H])c([2H])c32)c([2H])c2c1B1c3c(cc(C(C)(C)C)cc3N(c3c(-c4ccccc4)cc(C(C)(C)C)cc3-c3cccc(-c4cccc(C(C)(C)C)c4)c3)c3c([2H])c(-n4c5c([2H])c([2H])c([2H])c([2H])c5c5c([2H])c([2H])c([2H])c([2H])c54)c([2H])c([2H])c31)N2c1c(-c2ccccc2)cc(C(C)(C)C)cc1-c1cccc(-c2cccc(C(C)(C)C)c2)c1. The minimum atomic E-state index is -1.69. The summed E-state index contributed by atoms with van der Waals surface area (Å²) in [5.74, 6) is 0. The van der Waals surface area contributed by atoms with Crippen LogP contribution in [0.5, 0.6) is 0 Å². The first-order valence-electron chi connectivity index (χ1n) is 50.4. The summed E-state index contributed by atoms with van der Waals surface area (Å²) in [4.78, 5) is 3.86. The number of anilines is 6. The van der Waals surface area contributed by atoms with Gasteiger partial charge in [-0.15, -0.1) is 0 Å². The van der Waals surface area contributed by atoms with Crippen LogP contribution in [0.2, 0.25) is 0 Å². The van der Waals surface area contributed by atoms with Crippen LogP contribution in [0.1, 0.15) is 162 Å². The number of hydrogen-bond acceptors (Lipinski definition) is 2. The third kappa shape index (κ3) is 12.5. The van der Waals surface area contributed by atoms with E-state index in [1.54, 1.807) is 0 Å². The molecule has 0 aliphatic carbocycles. The van der Waals surface area contributed by atoms with Gasteiger partial charge in [-0.25, -0.2) is 0 Å². The molecule has 2 aromatic heterocycles. The number of aromatic nitrogens is 2. The summed E-state index contributed by atoms with van der Waals surface area (Å²) in [5.41, 5.74) is 8.42. The van der Waals surface area contributed by atoms with Gasteiger partial charge in [0.1, 0.15) is 0 Å². The lowest BCUT2D eigenvalue weighted by Gasteiger charge is -2.47. The lowest BCUT2D eigenvalue weighted by Crippen LogP contribution is -2.61. The Kier molecular flexibility index (Phi) is 12.3. The van der Waals surface area contributed by atoms with Gasteiger partial charge in [0.2, 0.25) is 0 Å². The van der Waals surface area contributed by atoms with Gasteiger partial charge in [-0.1, -0.05) is 334 Å². The van der Waals surface area contributed by atoms with Crippen LogP contribution in [0.3, 0.4) is 0 Å². The zero-order valence-electron chi connectivity index (χ0n) is 89.3. The Morgan fingerprint density at radius 1 is 0.252 bits per heavy atom. The second kappa shape index (κ2) is 27.1. The molecule has 0 spiro atoms. The van der Waals surface area contributed by atoms with Crippen molar-refractivity contribution in [1.29, 1.82) is 0 Å². The second-order valence-electron chi connectivity index (χ2n) is 35.7. The summed E-state index contributed by atoms with van der Waals surface area (Å²) in [5, 5.41) is -1.43. The van der Waals surface area contributed by atoms with Crippen LogP contribution in [0, 0.1) is 0 Å². The first-order chi connectivity index (χ1) is 64.4. The van der Waals surface area contributed by atoms with E-state index in [4.69, 9.17) is 0 Å². The van der Waals surface area contributed by atoms with Gasteiger partial charge in [-0.05, 0) is 213 Å². The number of para-hydroxylation sites is 4. The Morgan fingerprint density at radius 3 is 0.878 bits per heavy atom. The summed E-state index contributed by atoms with van der Waals surface area (Å²) in [7, 11) is 0. The highest BCUT2D eigenvalue weighted by Crippen LogP contribution is 2.56. The minimum Gasteiger partial charge on any atom is -0.310 e. The van der Waals surface area contributed by atoms with Gasteiger partial charge in [0, 0.05) is 77.9 Å². The molecule has 15 aromatic carbocycles. The molecule has 0 saturated carbocycles. The predicted octanol–water partition coefficient (Wildman–Crippen LogP) is 28.5. The smallest absolute Gasteiger partial charge is 0.252 e. The number of fused-ring (bicyclic) bond motifs is 10. The van der Waals surface area contributed by atoms with Crippen molar-refractivity contribution in [1.82, 2.24) is 9.13 Å². The van der Waals surface area contributed by atoms with Crippen LogP contribution in [-0.2, 0) is 27.1 Å². The van der Waals surface area contributed by atoms with Gasteiger partial charge < -0.3 is 18.9 Å². The minimum absolute atomic E-state index is 0.166. The van der Waals surface area contributed by atoms with Crippen LogP contribution >= 0.6 is 0 Å². The first kappa shape index (κ1) is 52.1. The average Bonchev–Trinajstić information content (AvgIpc) is 1.13. The summed E-state index contributed by atoms with van der Waals surface area (Å²) < 4.78 is 226. The molecule has 115 heavy (non-hydrogen) atoms. The molecule has 17 aromatic rings. The Labute approximate surface area is 710 Å². The molecule has 0 amide bonds. The quantitative estimate of drug-likeness (QED) is 0.127. The molecule has 19 rings (SSSR count). The first-order valence-corrected chi connectivity index (χ1v) is 39.4. The topological polar surface area (TPSA) is 16.3 Å². The summed E-state index contributed by atoms with van der Waals surface area (Å²) in [6.07, 6.45) is 0. The fourth-order valence-corrected chi connectivity index (χ4v) is 16.7. The standard InChI is InChI=1S/C110H99BN4/c1-106(2,3)78-44-32-40-74(60-78)72-38-30-42-76(58-72)91-64-80(108(7,8)9)62-89(70-34-18-16-19-35-70)104(91)114-99-68-83(112-95-50-26-22-46-85(95)86-47-23-27-51-96(86)112)54-56-93(99)111-94-57-55-84(113-97-52-28-24-48-87(97)88-49-25-29-53-98(88)113)69-100(94)115(102-67-82(110(13,14)15)66-101(114)103(102)111)105-90(71-36-20-17-21-37-71)63-81(109(10,11)12)65-92(105)77-43-31-39-73(59-77)75-41-33-45-79(61-75)107(4,5)6/h16-69H,1-15H3/i22D,23D,24D,25D,26D,27D,28D,29D,46D,47D,48D,49D,50D,51D,52D,53D,54D,55D,56D,57D,68D,69D. The van der Waals surface area contributed by atoms with Crippen LogP contribution in [0.25, 0.3) is 122 Å². The van der Waals surface area contributed by atoms with E-state index < -0.39 is 189 Å². The van der Waals surface area contributed by atoms with E-state index in [9.17, 15) is 30.2 Å². The molecule has 4 nitrogen and oxygen atoms in total. The molecule has 2 aliphatic heterocycles. The van der Waals surface area contributed by atoms with Crippen molar-refractivity contribution in [2.45, 2.75) is 131 Å². The van der Waals surface area contributed by atoms with E-state index in [0.29, 0.717) is 78.3 Å². The van der Waals surface area contributed by atoms with Gasteiger partial charge in [0.25, 0.3) is 6.71 Å². The van der Waals surface area contributed by atoms with Gasteiger partial charge in [-0.2, -0.15) is 0 Å². The van der Waals surface area contributed by atoms with E-state index in [-0.39, 0.29) is 54.7 Å². The molecule has 0 fully saturated rings. The molecule has 0 radical (unpaired) electrons. The van der Waals surface area contributed by atoms with Crippen LogP contribution < -0.4 is 26.2 Å². The van der Waals surface area contributed by atoms with Crippen molar-refractivity contribution in [3.8, 4) is 78.1 Å². The molecule has 562 valence electrons. The maximum absolute atomic E-state index is 12.0. The average molecular weight is 1510 g/mol. The molecular weight excluding hydrogens is 1390 g/mol. The highest BCUT2D eigenvalue weighted by Gasteiger charge is 2.47. The molecule has 0 atom stereocenters. The van der Waals surface area contributed by atoms with Crippen LogP contribution in [-0.4, -0.2) is 15.8 Å². The highest BCUT2D eigenvalue weighted by atomic mass is 15.2. The molecule has 4 heterocycles. The van der Waals surface area contributed by atoms with Crippen molar-refractivity contribution in [3.63, 3.8) is 0 Å². The number of hydrogen-bond donors (Lipinski definition) is 0. The molecule has 0 N–H and O–H groups in total. The van der Waals surface area contributed by atoms with E-state index in [2.05, 4.69) is 156 Å². The van der Waals surface area contributed by atoms with Gasteiger partial charge >= 0.3 is 0 Å². The number of rotatable bonds is 10. The monoisotopic (exact) mass is 1510 g/mol. The zero-order chi connectivity index (χ0) is 98.5. The third-order valence-electron chi connectivity index (χ3n) is 23.0. The number of benzene rings is 15. The van der Waals surface area contributed by atoms with Gasteiger partial charge in [-0.3, -0.25) is 0 Å². The van der Waals surface area contributed by atoms with Gasteiger partial charge in [0.15, 0.2) is 0 Å². The van der Waals surface area contributed by atoms with Crippen molar-refractivity contribution in [3.05, 3.63) is 355 Å². The molecule has 2 aliphatic rings. The summed E-state index contributed by atoms with van der Waals surface area (Å²) in [6.45, 7) is 30.1. The van der Waals surface area contributed by atoms with E-state index >= 15 is 0 Å². The molecule has 0 bridgehead atoms. The van der Waals surface area contributed by atoms with Crippen molar-refractivity contribution >= 4 is 101 Å². The Bertz CT molecular complexity index is 7530. The fraction of sp³-hybridized carbons (Fsp3) is 0.182. The lowest BCUT2D eigenvalue weighted by atomic mass is 9.33. The Hall–Kier alpha value is -12.4. The van der Waals surface area contributed by atoms with Crippen molar-refractivity contribution in [2.75, 3.05) is 9.80 Å². The largest absolute Gasteiger partial charge is 0.310 e. The van der Waals surface area contributed by atoms with Crippen molar-refractivity contribution < 1.29 is 30.2 Å². The summed E-state index contributed by atoms with van der Waals surface area (Å²) in [6, 6.07) is 49.2. The number of nitrogens with zero attached hydrogens (tertiary/aromatic N) is 4. The maximum Gasteiger partial charge on any atom is 0.252 e. The molecule has 0 unspecified atom stereocenters. The zero-order valence-corrected chi connectivity index (χ0v) is 67.3. The molecular formula is C110H99BN4. The van der Waals surface area contributed by atoms with Crippen LogP contribution in [0.4, 0.5) is 34.1 Å². The second-order valence-corrected chi connectivity index (χ2v) is 35.7. The predicted molar refractivity (Wildman–Crippen MR) is 495 cm³/mol. The lowest BCUT2D eigenvalue weighted by molar-refractivity contribution is 0.590. The molecule has 5 heteroatoms. The van der Waals surface area contributed by atoms with Crippen molar-refractivity contribution in [2.24, 2.45) is 0 Å². The van der Waals surface area contributed by atoms with E-state index in [1.165, 1.54) is 0 Å².